The van der Waals surface area contributed by atoms with Crippen LogP contribution in [0.25, 0.3) is 16.8 Å². The zero-order chi connectivity index (χ0) is 37.0. The molecule has 0 unspecified atom stereocenters. The molecule has 0 aromatic heterocycles. The highest BCUT2D eigenvalue weighted by atomic mass is 31.2. The Morgan fingerprint density at radius 1 is 0.679 bits per heavy atom. The SMILES string of the molecule is CCCCC[P+](CCCCC)(CCCCC)Cc1ccc(/C=C/[C@H](Cc2ccc3ccccc3c2)NC(=NC2CCCCC2)NC2CCCCC2)cc1. The third-order valence-electron chi connectivity index (χ3n) is 12.2. The maximum absolute atomic E-state index is 5.41. The Hall–Kier alpha value is -2.64. The van der Waals surface area contributed by atoms with Crippen molar-refractivity contribution in [3.63, 3.8) is 0 Å². The quantitative estimate of drug-likeness (QED) is 0.0494. The second-order valence-electron chi connectivity index (χ2n) is 16.8. The molecule has 0 spiro atoms. The van der Waals surface area contributed by atoms with Crippen molar-refractivity contribution in [2.75, 3.05) is 18.5 Å². The molecule has 5 rings (SSSR count). The molecule has 0 aliphatic heterocycles. The molecule has 2 N–H and O–H groups in total. The Kier molecular flexibility index (Phi) is 18.3. The topological polar surface area (TPSA) is 36.4 Å². The van der Waals surface area contributed by atoms with E-state index >= 15 is 0 Å². The van der Waals surface area contributed by atoms with Crippen molar-refractivity contribution in [1.29, 1.82) is 0 Å². The summed E-state index contributed by atoms with van der Waals surface area (Å²) in [5.74, 6) is 1.03. The predicted octanol–water partition coefficient (Wildman–Crippen LogP) is 13.8. The number of rotatable bonds is 21. The van der Waals surface area contributed by atoms with E-state index in [1.165, 1.54) is 169 Å². The van der Waals surface area contributed by atoms with Crippen LogP contribution >= 0.6 is 7.26 Å². The van der Waals surface area contributed by atoms with Crippen LogP contribution in [0.5, 0.6) is 0 Å². The van der Waals surface area contributed by atoms with Crippen molar-refractivity contribution in [1.82, 2.24) is 10.6 Å². The molecule has 53 heavy (non-hydrogen) atoms. The van der Waals surface area contributed by atoms with Gasteiger partial charge in [-0.05, 0) is 78.8 Å². The molecular weight excluding hydrogens is 662 g/mol. The van der Waals surface area contributed by atoms with Crippen molar-refractivity contribution in [2.24, 2.45) is 4.99 Å². The zero-order valence-electron chi connectivity index (χ0n) is 34.1. The van der Waals surface area contributed by atoms with E-state index in [0.29, 0.717) is 12.1 Å². The lowest BCUT2D eigenvalue weighted by Gasteiger charge is -2.29. The van der Waals surface area contributed by atoms with Crippen molar-refractivity contribution >= 4 is 30.1 Å². The fourth-order valence-electron chi connectivity index (χ4n) is 8.92. The molecule has 2 fully saturated rings. The summed E-state index contributed by atoms with van der Waals surface area (Å²) in [6.07, 6.45) is 36.9. The van der Waals surface area contributed by atoms with E-state index in [1.54, 1.807) is 5.56 Å². The molecule has 2 aliphatic carbocycles. The molecule has 1 atom stereocenters. The summed E-state index contributed by atoms with van der Waals surface area (Å²) < 4.78 is 0. The summed E-state index contributed by atoms with van der Waals surface area (Å²) in [6, 6.07) is 26.6. The van der Waals surface area contributed by atoms with E-state index in [-0.39, 0.29) is 6.04 Å². The van der Waals surface area contributed by atoms with E-state index in [4.69, 9.17) is 4.99 Å². The molecule has 290 valence electrons. The Bertz CT molecular complexity index is 1470. The first-order valence-corrected chi connectivity index (χ1v) is 24.8. The summed E-state index contributed by atoms with van der Waals surface area (Å²) in [4.78, 5) is 5.41. The lowest BCUT2D eigenvalue weighted by Crippen LogP contribution is -2.48. The number of guanidine groups is 1. The van der Waals surface area contributed by atoms with Crippen molar-refractivity contribution in [3.05, 3.63) is 89.5 Å². The number of hydrogen-bond donors (Lipinski definition) is 2. The Labute approximate surface area is 326 Å². The smallest absolute Gasteiger partial charge is 0.192 e. The largest absolute Gasteiger partial charge is 0.354 e. The first kappa shape index (κ1) is 41.5. The van der Waals surface area contributed by atoms with Crippen LogP contribution in [0.4, 0.5) is 0 Å². The average Bonchev–Trinajstić information content (AvgIpc) is 3.18. The van der Waals surface area contributed by atoms with E-state index in [1.807, 2.05) is 0 Å². The summed E-state index contributed by atoms with van der Waals surface area (Å²) in [7, 11) is -1.01. The van der Waals surface area contributed by atoms with Gasteiger partial charge in [-0.25, -0.2) is 4.99 Å². The van der Waals surface area contributed by atoms with E-state index in [9.17, 15) is 0 Å². The minimum atomic E-state index is -1.01. The second kappa shape index (κ2) is 23.3. The van der Waals surface area contributed by atoms with Crippen LogP contribution in [0.2, 0.25) is 0 Å². The first-order valence-electron chi connectivity index (χ1n) is 22.3. The highest BCUT2D eigenvalue weighted by Gasteiger charge is 2.36. The van der Waals surface area contributed by atoms with Crippen LogP contribution in [0.3, 0.4) is 0 Å². The number of unbranched alkanes of at least 4 members (excludes halogenated alkanes) is 6. The van der Waals surface area contributed by atoms with Crippen LogP contribution in [0.15, 0.2) is 77.8 Å². The molecule has 3 aromatic rings. The number of benzene rings is 3. The van der Waals surface area contributed by atoms with Crippen LogP contribution in [0, 0.1) is 0 Å². The fraction of sp³-hybridized carbons (Fsp3) is 0.612. The Balaban J connectivity index is 1.36. The van der Waals surface area contributed by atoms with Crippen LogP contribution in [-0.4, -0.2) is 42.6 Å². The molecule has 0 radical (unpaired) electrons. The molecule has 2 saturated carbocycles. The van der Waals surface area contributed by atoms with Gasteiger partial charge in [0.25, 0.3) is 0 Å². The lowest BCUT2D eigenvalue weighted by molar-refractivity contribution is 0.403. The van der Waals surface area contributed by atoms with Gasteiger partial charge in [0.15, 0.2) is 5.96 Å². The third-order valence-corrected chi connectivity index (χ3v) is 17.0. The number of nitrogens with one attached hydrogen (secondary N) is 2. The van der Waals surface area contributed by atoms with E-state index in [0.717, 1.165) is 12.4 Å². The summed E-state index contributed by atoms with van der Waals surface area (Å²) >= 11 is 0. The zero-order valence-corrected chi connectivity index (χ0v) is 35.0. The number of hydrogen-bond acceptors (Lipinski definition) is 1. The maximum atomic E-state index is 5.41. The number of nitrogens with zero attached hydrogens (tertiary/aromatic N) is 1. The second-order valence-corrected chi connectivity index (χ2v) is 21.1. The van der Waals surface area contributed by atoms with Crippen LogP contribution in [0.1, 0.15) is 159 Å². The summed E-state index contributed by atoms with van der Waals surface area (Å²) in [5, 5.41) is 10.6. The van der Waals surface area contributed by atoms with Gasteiger partial charge in [-0.2, -0.15) is 0 Å². The van der Waals surface area contributed by atoms with Gasteiger partial charge in [0.2, 0.25) is 0 Å². The molecule has 0 bridgehead atoms. The molecule has 0 amide bonds. The molecule has 0 heterocycles. The molecule has 2 aliphatic rings. The Morgan fingerprint density at radius 2 is 1.26 bits per heavy atom. The van der Waals surface area contributed by atoms with Crippen LogP contribution in [-0.2, 0) is 12.6 Å². The highest BCUT2D eigenvalue weighted by molar-refractivity contribution is 7.75. The molecule has 0 saturated heterocycles. The minimum Gasteiger partial charge on any atom is -0.354 e. The molecule has 4 heteroatoms. The van der Waals surface area contributed by atoms with Crippen LogP contribution < -0.4 is 10.6 Å². The lowest BCUT2D eigenvalue weighted by atomic mass is 9.95. The Morgan fingerprint density at radius 3 is 1.89 bits per heavy atom. The van der Waals surface area contributed by atoms with Gasteiger partial charge in [-0.3, -0.25) is 0 Å². The van der Waals surface area contributed by atoms with Crippen molar-refractivity contribution in [3.8, 4) is 0 Å². The fourth-order valence-corrected chi connectivity index (χ4v) is 13.7. The standard InChI is InChI=1S/C49H75N3P/c1-4-7-18-35-53(36-19-8-5-2,37-20-9-6-3)40-42-29-27-41(28-30-42)32-34-48(39-43-31-33-44-21-16-17-22-45(44)38-43)52-49(50-46-23-12-10-13-24-46)51-47-25-14-11-15-26-47/h16-17,21-22,27-34,38,46-48H,4-15,18-20,23-26,35-37,39-40H2,1-3H3,(H2,50,51,52)/q+1/b34-32+/t48-/m1/s1. The monoisotopic (exact) mass is 737 g/mol. The average molecular weight is 737 g/mol. The van der Waals surface area contributed by atoms with Gasteiger partial charge in [-0.15, -0.1) is 0 Å². The predicted molar refractivity (Wildman–Crippen MR) is 238 cm³/mol. The number of aliphatic imine (C=N–C) groups is 1. The highest BCUT2D eigenvalue weighted by Crippen LogP contribution is 2.63. The van der Waals surface area contributed by atoms with Gasteiger partial charge in [0.1, 0.15) is 0 Å². The first-order chi connectivity index (χ1) is 26.1. The summed E-state index contributed by atoms with van der Waals surface area (Å²) in [5.41, 5.74) is 4.24. The molecule has 3 aromatic carbocycles. The minimum absolute atomic E-state index is 0.142. The van der Waals surface area contributed by atoms with E-state index in [2.05, 4.69) is 110 Å². The normalized spacial score (nSPS) is 17.1. The van der Waals surface area contributed by atoms with Gasteiger partial charge < -0.3 is 10.6 Å². The summed E-state index contributed by atoms with van der Waals surface area (Å²) in [6.45, 7) is 7.08. The van der Waals surface area contributed by atoms with Gasteiger partial charge in [0, 0.05) is 13.3 Å². The van der Waals surface area contributed by atoms with Gasteiger partial charge in [0.05, 0.1) is 36.7 Å². The van der Waals surface area contributed by atoms with E-state index < -0.39 is 7.26 Å². The number of fused-ring (bicyclic) bond motifs is 1. The van der Waals surface area contributed by atoms with Crippen molar-refractivity contribution < 1.29 is 0 Å². The van der Waals surface area contributed by atoms with Gasteiger partial charge in [-0.1, -0.05) is 177 Å². The maximum Gasteiger partial charge on any atom is 0.192 e. The van der Waals surface area contributed by atoms with Crippen molar-refractivity contribution in [2.45, 2.75) is 173 Å². The molecular formula is C49H75N3P+. The third kappa shape index (κ3) is 14.5. The van der Waals surface area contributed by atoms with Gasteiger partial charge >= 0.3 is 0 Å². The molecule has 3 nitrogen and oxygen atoms in total.